The van der Waals surface area contributed by atoms with E-state index in [0.717, 1.165) is 0 Å². The minimum Gasteiger partial charge on any atom is -0.447 e. The average Bonchev–Trinajstić information content (AvgIpc) is 2.16. The van der Waals surface area contributed by atoms with Crippen LogP contribution in [0.1, 0.15) is 0 Å². The zero-order chi connectivity index (χ0) is 11.0. The van der Waals surface area contributed by atoms with Crippen LogP contribution in [0.2, 0.25) is 0 Å². The molecule has 8 nitrogen and oxygen atoms in total. The number of methoxy groups -OCH3 is 2. The second-order valence-electron chi connectivity index (χ2n) is 1.89. The number of hydrogen-bond acceptors (Lipinski definition) is 7. The van der Waals surface area contributed by atoms with Gasteiger partial charge in [-0.05, 0) is 0 Å². The lowest BCUT2D eigenvalue weighted by Gasteiger charge is -2.11. The van der Waals surface area contributed by atoms with E-state index < -0.39 is 18.6 Å². The first-order valence-corrected chi connectivity index (χ1v) is 3.40. The van der Waals surface area contributed by atoms with Crippen molar-refractivity contribution in [3.05, 3.63) is 0 Å². The molecule has 0 saturated carbocycles. The van der Waals surface area contributed by atoms with Crippen molar-refractivity contribution >= 4 is 12.3 Å². The van der Waals surface area contributed by atoms with E-state index in [1.807, 2.05) is 0 Å². The molecule has 0 aliphatic rings. The van der Waals surface area contributed by atoms with Crippen molar-refractivity contribution in [3.63, 3.8) is 0 Å². The minimum atomic E-state index is -1.75. The maximum atomic E-state index is 10.5. The molecule has 0 fully saturated rings. The van der Waals surface area contributed by atoms with Crippen LogP contribution in [-0.4, -0.2) is 44.5 Å². The van der Waals surface area contributed by atoms with Crippen LogP contribution < -0.4 is 0 Å². The number of carboxylic acid groups (broad SMARTS) is 1. The molecular weight excluding hydrogens is 200 g/mol. The third kappa shape index (κ3) is 6.03. The number of ether oxygens (including phenoxy) is 3. The van der Waals surface area contributed by atoms with Crippen molar-refractivity contribution in [2.75, 3.05) is 20.8 Å². The lowest BCUT2D eigenvalue weighted by molar-refractivity contribution is -0.221. The molecule has 0 saturated heterocycles. The third-order valence-corrected chi connectivity index (χ3v) is 1.04. The molecule has 0 amide bonds. The number of rotatable bonds is 4. The summed E-state index contributed by atoms with van der Waals surface area (Å²) in [6.45, 7) is -0.241. The van der Waals surface area contributed by atoms with Crippen LogP contribution >= 0.6 is 0 Å². The zero-order valence-corrected chi connectivity index (χ0v) is 7.59. The molecule has 8 heteroatoms. The molecule has 1 N–H and O–H groups in total. The second-order valence-corrected chi connectivity index (χ2v) is 1.89. The van der Waals surface area contributed by atoms with Crippen molar-refractivity contribution in [1.82, 2.24) is 0 Å². The first kappa shape index (κ1) is 12.5. The van der Waals surface area contributed by atoms with Gasteiger partial charge in [0.25, 0.3) is 0 Å². The molecule has 0 unspecified atom stereocenters. The largest absolute Gasteiger partial charge is 0.550 e. The van der Waals surface area contributed by atoms with E-state index in [1.54, 1.807) is 0 Å². The lowest BCUT2D eigenvalue weighted by atomic mass is 10.7. The molecule has 0 heterocycles. The van der Waals surface area contributed by atoms with E-state index in [4.69, 9.17) is 5.11 Å². The Hall–Kier alpha value is -1.54. The van der Waals surface area contributed by atoms with Gasteiger partial charge in [0.2, 0.25) is 0 Å². The molecule has 82 valence electrons. The van der Waals surface area contributed by atoms with Gasteiger partial charge in [0.15, 0.2) is 6.29 Å². The summed E-state index contributed by atoms with van der Waals surface area (Å²) in [5, 5.41) is 7.93. The molecular formula is C6H10O8. The molecule has 0 spiro atoms. The van der Waals surface area contributed by atoms with E-state index in [9.17, 15) is 9.59 Å². The quantitative estimate of drug-likeness (QED) is 0.307. The van der Waals surface area contributed by atoms with E-state index in [-0.39, 0.29) is 6.61 Å². The Morgan fingerprint density at radius 3 is 2.21 bits per heavy atom. The van der Waals surface area contributed by atoms with Crippen molar-refractivity contribution in [2.45, 2.75) is 6.29 Å². The molecule has 14 heavy (non-hydrogen) atoms. The predicted octanol–water partition coefficient (Wildman–Crippen LogP) is 0.368. The number of hydrogen-bond donors (Lipinski definition) is 1. The summed E-state index contributed by atoms with van der Waals surface area (Å²) in [7, 11) is 2.69. The summed E-state index contributed by atoms with van der Waals surface area (Å²) in [5.74, 6) is 0. The topological polar surface area (TPSA) is 101 Å². The molecule has 0 atom stereocenters. The second kappa shape index (κ2) is 6.92. The van der Waals surface area contributed by atoms with Crippen LogP contribution in [0.3, 0.4) is 0 Å². The van der Waals surface area contributed by atoms with Crippen LogP contribution in [0, 0.1) is 0 Å². The molecule has 0 aromatic heterocycles. The van der Waals surface area contributed by atoms with Crippen LogP contribution in [0.15, 0.2) is 0 Å². The highest BCUT2D eigenvalue weighted by molar-refractivity contribution is 5.62. The lowest BCUT2D eigenvalue weighted by Crippen LogP contribution is -2.23. The predicted molar refractivity (Wildman–Crippen MR) is 39.3 cm³/mol. The summed E-state index contributed by atoms with van der Waals surface area (Å²) >= 11 is 0. The summed E-state index contributed by atoms with van der Waals surface area (Å²) in [5.41, 5.74) is 0. The van der Waals surface area contributed by atoms with Gasteiger partial charge < -0.3 is 19.3 Å². The summed E-state index contributed by atoms with van der Waals surface area (Å²) in [6.07, 6.45) is -3.80. The maximum absolute atomic E-state index is 10.5. The molecule has 0 rings (SSSR count). The van der Waals surface area contributed by atoms with Gasteiger partial charge in [-0.2, -0.15) is 9.68 Å². The fourth-order valence-corrected chi connectivity index (χ4v) is 0.462. The first-order chi connectivity index (χ1) is 6.60. The SMILES string of the molecule is COC(COC(=O)OOC(=O)O)OC. The average molecular weight is 210 g/mol. The van der Waals surface area contributed by atoms with Crippen LogP contribution in [0.5, 0.6) is 0 Å². The van der Waals surface area contributed by atoms with E-state index in [2.05, 4.69) is 24.0 Å². The van der Waals surface area contributed by atoms with Crippen LogP contribution in [0.4, 0.5) is 9.59 Å². The van der Waals surface area contributed by atoms with Crippen LogP contribution in [0.25, 0.3) is 0 Å². The Kier molecular flexibility index (Phi) is 6.16. The van der Waals surface area contributed by atoms with E-state index in [1.165, 1.54) is 14.2 Å². The Morgan fingerprint density at radius 2 is 1.79 bits per heavy atom. The molecule has 0 aliphatic heterocycles. The normalized spacial score (nSPS) is 9.64. The highest BCUT2D eigenvalue weighted by atomic mass is 17.3. The zero-order valence-electron chi connectivity index (χ0n) is 7.59. The van der Waals surface area contributed by atoms with Crippen molar-refractivity contribution in [2.24, 2.45) is 0 Å². The van der Waals surface area contributed by atoms with Gasteiger partial charge in [-0.3, -0.25) is 0 Å². The van der Waals surface area contributed by atoms with Crippen LogP contribution in [-0.2, 0) is 24.0 Å². The molecule has 0 bridgehead atoms. The summed E-state index contributed by atoms with van der Waals surface area (Å²) < 4.78 is 13.7. The third-order valence-electron chi connectivity index (χ3n) is 1.04. The fourth-order valence-electron chi connectivity index (χ4n) is 0.462. The van der Waals surface area contributed by atoms with Gasteiger partial charge in [0.05, 0.1) is 0 Å². The van der Waals surface area contributed by atoms with Gasteiger partial charge in [-0.15, -0.1) is 0 Å². The molecule has 0 radical (unpaired) electrons. The van der Waals surface area contributed by atoms with Gasteiger partial charge in [0, 0.05) is 14.2 Å². The monoisotopic (exact) mass is 210 g/mol. The van der Waals surface area contributed by atoms with Crippen molar-refractivity contribution in [3.8, 4) is 0 Å². The standard InChI is InChI=1S/C6H10O8/c1-10-4(11-2)3-12-6(9)14-13-5(7)8/h4H,3H2,1-2H3,(H,7,8). The van der Waals surface area contributed by atoms with Crippen molar-refractivity contribution < 1.29 is 38.7 Å². The van der Waals surface area contributed by atoms with Gasteiger partial charge in [-0.1, -0.05) is 0 Å². The fraction of sp³-hybridized carbons (Fsp3) is 0.667. The smallest absolute Gasteiger partial charge is 0.447 e. The van der Waals surface area contributed by atoms with Gasteiger partial charge >= 0.3 is 12.3 Å². The van der Waals surface area contributed by atoms with Crippen molar-refractivity contribution in [1.29, 1.82) is 0 Å². The van der Waals surface area contributed by atoms with E-state index in [0.29, 0.717) is 0 Å². The Morgan fingerprint density at radius 1 is 1.21 bits per heavy atom. The Labute approximate surface area is 79.2 Å². The first-order valence-electron chi connectivity index (χ1n) is 3.40. The molecule has 0 aromatic rings. The summed E-state index contributed by atoms with van der Waals surface area (Å²) in [6, 6.07) is 0. The summed E-state index contributed by atoms with van der Waals surface area (Å²) in [4.78, 5) is 27.4. The maximum Gasteiger partial charge on any atom is 0.550 e. The van der Waals surface area contributed by atoms with Gasteiger partial charge in [-0.25, -0.2) is 9.68 Å². The minimum absolute atomic E-state index is 0.241. The highest BCUT2D eigenvalue weighted by Gasteiger charge is 2.13. The Bertz CT molecular complexity index is 186. The number of carbonyl (C=O) groups is 2. The van der Waals surface area contributed by atoms with Gasteiger partial charge in [0.1, 0.15) is 6.61 Å². The number of carbonyl (C=O) groups excluding carboxylic acids is 1. The molecule has 0 aliphatic carbocycles. The Balaban J connectivity index is 3.57. The highest BCUT2D eigenvalue weighted by Crippen LogP contribution is 1.94. The van der Waals surface area contributed by atoms with E-state index >= 15 is 0 Å². The molecule has 0 aromatic carbocycles.